The quantitative estimate of drug-likeness (QED) is 0.643. The molecule has 2 rings (SSSR count). The van der Waals surface area contributed by atoms with Gasteiger partial charge in [0, 0.05) is 24.5 Å². The molecule has 100 valence electrons. The summed E-state index contributed by atoms with van der Waals surface area (Å²) < 4.78 is 1.85. The van der Waals surface area contributed by atoms with Crippen LogP contribution in [0.4, 0.5) is 5.82 Å². The second kappa shape index (κ2) is 5.51. The number of nitrogens with one attached hydrogen (secondary N) is 1. The summed E-state index contributed by atoms with van der Waals surface area (Å²) in [6, 6.07) is 5.57. The standard InChI is InChI=1S/C13H18N6/c1-9-11(10(2)19(3)18-9)8-16-13(14)17-12-6-4-5-7-15-12/h4-7H,8H2,1-3H3,(H3,14,15,16,17). The Morgan fingerprint density at radius 2 is 2.21 bits per heavy atom. The molecule has 0 aliphatic carbocycles. The second-order valence-corrected chi connectivity index (χ2v) is 4.31. The largest absolute Gasteiger partial charge is 0.370 e. The molecular weight excluding hydrogens is 240 g/mol. The molecule has 0 aliphatic rings. The molecule has 0 saturated carbocycles. The van der Waals surface area contributed by atoms with E-state index in [4.69, 9.17) is 5.73 Å². The van der Waals surface area contributed by atoms with Gasteiger partial charge in [-0.25, -0.2) is 9.98 Å². The maximum atomic E-state index is 5.83. The van der Waals surface area contributed by atoms with Gasteiger partial charge in [-0.15, -0.1) is 0 Å². The summed E-state index contributed by atoms with van der Waals surface area (Å²) in [5.41, 5.74) is 9.02. The maximum absolute atomic E-state index is 5.83. The smallest absolute Gasteiger partial charge is 0.194 e. The average molecular weight is 258 g/mol. The fourth-order valence-corrected chi connectivity index (χ4v) is 1.82. The Labute approximate surface area is 112 Å². The van der Waals surface area contributed by atoms with Crippen molar-refractivity contribution >= 4 is 11.8 Å². The van der Waals surface area contributed by atoms with Crippen LogP contribution in [-0.2, 0) is 13.6 Å². The van der Waals surface area contributed by atoms with Crippen LogP contribution in [0.25, 0.3) is 0 Å². The molecule has 0 bridgehead atoms. The summed E-state index contributed by atoms with van der Waals surface area (Å²) in [6.07, 6.45) is 1.70. The highest BCUT2D eigenvalue weighted by atomic mass is 15.3. The zero-order valence-electron chi connectivity index (χ0n) is 11.4. The van der Waals surface area contributed by atoms with E-state index < -0.39 is 0 Å². The fraction of sp³-hybridized carbons (Fsp3) is 0.308. The minimum absolute atomic E-state index is 0.348. The molecule has 2 aromatic heterocycles. The number of aryl methyl sites for hydroxylation is 2. The second-order valence-electron chi connectivity index (χ2n) is 4.31. The van der Waals surface area contributed by atoms with E-state index in [2.05, 4.69) is 20.4 Å². The third-order valence-corrected chi connectivity index (χ3v) is 2.99. The first-order valence-corrected chi connectivity index (χ1v) is 6.05. The van der Waals surface area contributed by atoms with E-state index in [-0.39, 0.29) is 0 Å². The normalized spacial score (nSPS) is 11.6. The van der Waals surface area contributed by atoms with Crippen molar-refractivity contribution in [3.63, 3.8) is 0 Å². The maximum Gasteiger partial charge on any atom is 0.194 e. The molecule has 2 heterocycles. The molecule has 0 unspecified atom stereocenters. The Morgan fingerprint density at radius 1 is 1.42 bits per heavy atom. The minimum atomic E-state index is 0.348. The van der Waals surface area contributed by atoms with E-state index in [1.54, 1.807) is 6.20 Å². The first-order chi connectivity index (χ1) is 9.08. The van der Waals surface area contributed by atoms with E-state index in [9.17, 15) is 0 Å². The first-order valence-electron chi connectivity index (χ1n) is 6.05. The van der Waals surface area contributed by atoms with Gasteiger partial charge in [0.15, 0.2) is 5.96 Å². The van der Waals surface area contributed by atoms with Crippen molar-refractivity contribution in [1.82, 2.24) is 14.8 Å². The van der Waals surface area contributed by atoms with Crippen LogP contribution in [0.2, 0.25) is 0 Å². The highest BCUT2D eigenvalue weighted by molar-refractivity contribution is 5.91. The summed E-state index contributed by atoms with van der Waals surface area (Å²) in [5.74, 6) is 1.03. The zero-order valence-corrected chi connectivity index (χ0v) is 11.4. The highest BCUT2D eigenvalue weighted by Gasteiger charge is 2.08. The van der Waals surface area contributed by atoms with E-state index in [1.165, 1.54) is 0 Å². The molecule has 0 amide bonds. The van der Waals surface area contributed by atoms with Gasteiger partial charge in [-0.2, -0.15) is 5.10 Å². The molecule has 0 saturated heterocycles. The number of pyridine rings is 1. The van der Waals surface area contributed by atoms with E-state index in [0.717, 1.165) is 17.0 Å². The number of aliphatic imine (C=N–C) groups is 1. The Bertz CT molecular complexity index is 585. The van der Waals surface area contributed by atoms with Crippen molar-refractivity contribution in [2.45, 2.75) is 20.4 Å². The van der Waals surface area contributed by atoms with Crippen LogP contribution in [0.1, 0.15) is 17.0 Å². The van der Waals surface area contributed by atoms with Crippen molar-refractivity contribution < 1.29 is 0 Å². The molecule has 0 atom stereocenters. The predicted octanol–water partition coefficient (Wildman–Crippen LogP) is 1.36. The molecule has 0 aliphatic heterocycles. The van der Waals surface area contributed by atoms with E-state index >= 15 is 0 Å². The van der Waals surface area contributed by atoms with Crippen LogP contribution in [0.3, 0.4) is 0 Å². The molecule has 19 heavy (non-hydrogen) atoms. The third-order valence-electron chi connectivity index (χ3n) is 2.99. The zero-order chi connectivity index (χ0) is 13.8. The number of nitrogens with zero attached hydrogens (tertiary/aromatic N) is 4. The summed E-state index contributed by atoms with van der Waals surface area (Å²) >= 11 is 0. The summed E-state index contributed by atoms with van der Waals surface area (Å²) in [4.78, 5) is 8.44. The van der Waals surface area contributed by atoms with Crippen LogP contribution in [0.15, 0.2) is 29.4 Å². The van der Waals surface area contributed by atoms with Gasteiger partial charge >= 0.3 is 0 Å². The van der Waals surface area contributed by atoms with Crippen molar-refractivity contribution in [2.75, 3.05) is 5.32 Å². The number of anilines is 1. The highest BCUT2D eigenvalue weighted by Crippen LogP contribution is 2.12. The fourth-order valence-electron chi connectivity index (χ4n) is 1.82. The summed E-state index contributed by atoms with van der Waals surface area (Å²) in [5, 5.41) is 7.29. The van der Waals surface area contributed by atoms with Gasteiger partial charge in [0.05, 0.1) is 12.2 Å². The summed E-state index contributed by atoms with van der Waals surface area (Å²) in [7, 11) is 1.92. The number of hydrogen-bond acceptors (Lipinski definition) is 3. The molecule has 0 radical (unpaired) electrons. The molecule has 6 nitrogen and oxygen atoms in total. The molecular formula is C13H18N6. The van der Waals surface area contributed by atoms with Crippen molar-refractivity contribution in [3.8, 4) is 0 Å². The number of hydrogen-bond donors (Lipinski definition) is 2. The monoisotopic (exact) mass is 258 g/mol. The van der Waals surface area contributed by atoms with Crippen LogP contribution < -0.4 is 11.1 Å². The number of nitrogens with two attached hydrogens (primary N) is 1. The van der Waals surface area contributed by atoms with Crippen LogP contribution in [0, 0.1) is 13.8 Å². The molecule has 3 N–H and O–H groups in total. The Hall–Kier alpha value is -2.37. The van der Waals surface area contributed by atoms with Crippen molar-refractivity contribution in [3.05, 3.63) is 41.3 Å². The van der Waals surface area contributed by atoms with Gasteiger partial charge in [-0.1, -0.05) is 6.07 Å². The molecule has 0 fully saturated rings. The van der Waals surface area contributed by atoms with E-state index in [0.29, 0.717) is 18.3 Å². The van der Waals surface area contributed by atoms with Crippen molar-refractivity contribution in [2.24, 2.45) is 17.8 Å². The van der Waals surface area contributed by atoms with Gasteiger partial charge in [0.1, 0.15) is 5.82 Å². The van der Waals surface area contributed by atoms with Gasteiger partial charge in [0.2, 0.25) is 0 Å². The lowest BCUT2D eigenvalue weighted by Gasteiger charge is -2.04. The third kappa shape index (κ3) is 3.09. The van der Waals surface area contributed by atoms with Gasteiger partial charge in [-0.3, -0.25) is 4.68 Å². The number of aromatic nitrogens is 3. The molecule has 0 spiro atoms. The Morgan fingerprint density at radius 3 is 2.79 bits per heavy atom. The lowest BCUT2D eigenvalue weighted by atomic mass is 10.2. The van der Waals surface area contributed by atoms with Crippen LogP contribution in [-0.4, -0.2) is 20.7 Å². The minimum Gasteiger partial charge on any atom is -0.370 e. The Kier molecular flexibility index (Phi) is 3.79. The van der Waals surface area contributed by atoms with Gasteiger partial charge in [0.25, 0.3) is 0 Å². The molecule has 6 heteroatoms. The lowest BCUT2D eigenvalue weighted by Crippen LogP contribution is -2.23. The topological polar surface area (TPSA) is 81.1 Å². The number of rotatable bonds is 3. The predicted molar refractivity (Wildman–Crippen MR) is 75.9 cm³/mol. The van der Waals surface area contributed by atoms with Crippen LogP contribution in [0.5, 0.6) is 0 Å². The number of guanidine groups is 1. The molecule has 0 aromatic carbocycles. The SMILES string of the molecule is Cc1nn(C)c(C)c1CN=C(N)Nc1ccccn1. The van der Waals surface area contributed by atoms with Crippen molar-refractivity contribution in [1.29, 1.82) is 0 Å². The average Bonchev–Trinajstić information content (AvgIpc) is 2.62. The first kappa shape index (κ1) is 13.1. The van der Waals surface area contributed by atoms with Crippen LogP contribution >= 0.6 is 0 Å². The molecule has 2 aromatic rings. The van der Waals surface area contributed by atoms with Gasteiger partial charge < -0.3 is 11.1 Å². The van der Waals surface area contributed by atoms with Gasteiger partial charge in [-0.05, 0) is 26.0 Å². The lowest BCUT2D eigenvalue weighted by molar-refractivity contribution is 0.730. The summed E-state index contributed by atoms with van der Waals surface area (Å²) in [6.45, 7) is 4.50. The Balaban J connectivity index is 2.06. The van der Waals surface area contributed by atoms with E-state index in [1.807, 2.05) is 43.8 Å².